The van der Waals surface area contributed by atoms with E-state index < -0.39 is 48.1 Å². The molecule has 2 heterocycles. The van der Waals surface area contributed by atoms with Gasteiger partial charge in [-0.3, -0.25) is 18.4 Å². The zero-order valence-corrected chi connectivity index (χ0v) is 30.1. The molecule has 2 unspecified atom stereocenters. The van der Waals surface area contributed by atoms with Gasteiger partial charge < -0.3 is 28.7 Å². The average molecular weight is 771 g/mol. The molecule has 1 fully saturated rings. The lowest BCUT2D eigenvalue weighted by Gasteiger charge is -2.23. The quantitative estimate of drug-likeness (QED) is 0.0599. The molecular weight excluding hydrogens is 735 g/mol. The number of esters is 2. The van der Waals surface area contributed by atoms with Crippen molar-refractivity contribution in [1.29, 1.82) is 0 Å². The number of rotatable bonds is 15. The van der Waals surface area contributed by atoms with Gasteiger partial charge in [0.15, 0.2) is 23.9 Å². The van der Waals surface area contributed by atoms with Crippen molar-refractivity contribution in [2.24, 2.45) is 5.92 Å². The number of aromatic nitrogens is 2. The average Bonchev–Trinajstić information content (AvgIpc) is 3.78. The number of carbonyl (C=O) groups excluding carboxylic acids is 2. The SMILES string of the molecule is CC(C)(C)OC(=O)CN(c1ccc2c(ccn2CC(=O)OC(Cc2c(Cl)c[n+]([O-])cc2Cl)c2ccc(OC(F)F)c(OCC3CC3)c2)c1)S(=O)O. The maximum absolute atomic E-state index is 13.5. The molecule has 1 saturated carbocycles. The molecule has 1 N–H and O–H groups in total. The molecule has 0 bridgehead atoms. The van der Waals surface area contributed by atoms with Crippen LogP contribution >= 0.6 is 23.2 Å². The van der Waals surface area contributed by atoms with E-state index in [2.05, 4.69) is 4.74 Å². The molecule has 2 atom stereocenters. The third-order valence-corrected chi connectivity index (χ3v) is 9.04. The first-order valence-corrected chi connectivity index (χ1v) is 17.5. The number of pyridine rings is 1. The molecule has 5 rings (SSSR count). The van der Waals surface area contributed by atoms with Crippen LogP contribution in [0.1, 0.15) is 50.8 Å². The van der Waals surface area contributed by atoms with Gasteiger partial charge in [0.1, 0.15) is 34.8 Å². The summed E-state index contributed by atoms with van der Waals surface area (Å²) in [6.07, 6.45) is 4.60. The Bertz CT molecular complexity index is 1910. The van der Waals surface area contributed by atoms with Gasteiger partial charge in [-0.25, -0.2) is 4.21 Å². The number of ether oxygens (including phenoxy) is 4. The van der Waals surface area contributed by atoms with Crippen LogP contribution < -0.4 is 18.5 Å². The predicted octanol–water partition coefficient (Wildman–Crippen LogP) is 6.78. The Morgan fingerprint density at radius 3 is 2.41 bits per heavy atom. The highest BCUT2D eigenvalue weighted by atomic mass is 35.5. The van der Waals surface area contributed by atoms with Crippen molar-refractivity contribution >= 4 is 63.0 Å². The Morgan fingerprint density at radius 1 is 1.08 bits per heavy atom. The van der Waals surface area contributed by atoms with E-state index >= 15 is 0 Å². The zero-order valence-electron chi connectivity index (χ0n) is 27.7. The van der Waals surface area contributed by atoms with Gasteiger partial charge >= 0.3 is 18.6 Å². The molecule has 0 amide bonds. The summed E-state index contributed by atoms with van der Waals surface area (Å²) in [4.78, 5) is 25.9. The van der Waals surface area contributed by atoms with E-state index in [1.54, 1.807) is 49.7 Å². The lowest BCUT2D eigenvalue weighted by Crippen LogP contribution is -2.35. The molecule has 2 aromatic heterocycles. The van der Waals surface area contributed by atoms with Crippen molar-refractivity contribution < 1.29 is 50.8 Å². The number of halogens is 4. The molecule has 1 aliphatic rings. The smallest absolute Gasteiger partial charge is 0.387 e. The van der Waals surface area contributed by atoms with E-state index in [-0.39, 0.29) is 40.2 Å². The predicted molar refractivity (Wildman–Crippen MR) is 185 cm³/mol. The van der Waals surface area contributed by atoms with Crippen molar-refractivity contribution in [2.75, 3.05) is 17.5 Å². The second-order valence-corrected chi connectivity index (χ2v) is 14.6. The Kier molecular flexibility index (Phi) is 11.9. The molecule has 274 valence electrons. The molecule has 4 aromatic rings. The molecule has 0 radical (unpaired) electrons. The third-order valence-electron chi connectivity index (χ3n) is 7.67. The fraction of sp³-hybridized carbons (Fsp3) is 0.382. The first-order valence-electron chi connectivity index (χ1n) is 15.7. The van der Waals surface area contributed by atoms with Crippen LogP contribution in [0.3, 0.4) is 0 Å². The molecule has 0 spiro atoms. The lowest BCUT2D eigenvalue weighted by molar-refractivity contribution is -0.605. The van der Waals surface area contributed by atoms with Gasteiger partial charge in [0.25, 0.3) is 11.3 Å². The van der Waals surface area contributed by atoms with Crippen molar-refractivity contribution in [3.05, 3.63) is 87.4 Å². The van der Waals surface area contributed by atoms with Crippen LogP contribution in [-0.2, 0) is 43.3 Å². The number of fused-ring (bicyclic) bond motifs is 1. The van der Waals surface area contributed by atoms with Crippen molar-refractivity contribution in [2.45, 2.75) is 64.9 Å². The Hall–Kier alpha value is -4.18. The minimum atomic E-state index is -3.10. The summed E-state index contributed by atoms with van der Waals surface area (Å²) in [5.74, 6) is -1.23. The number of anilines is 1. The van der Waals surface area contributed by atoms with Gasteiger partial charge in [-0.05, 0) is 81.5 Å². The topological polar surface area (TPSA) is 143 Å². The van der Waals surface area contributed by atoms with E-state index in [0.29, 0.717) is 39.3 Å². The largest absolute Gasteiger partial charge is 0.619 e. The number of hydrogen-bond acceptors (Lipinski definition) is 8. The van der Waals surface area contributed by atoms with Crippen LogP contribution in [0.4, 0.5) is 14.5 Å². The second-order valence-electron chi connectivity index (χ2n) is 12.9. The van der Waals surface area contributed by atoms with E-state index in [1.165, 1.54) is 24.3 Å². The van der Waals surface area contributed by atoms with Crippen LogP contribution in [0, 0.1) is 11.1 Å². The summed E-state index contributed by atoms with van der Waals surface area (Å²) in [6.45, 7) is 1.50. The van der Waals surface area contributed by atoms with Crippen LogP contribution in [0.5, 0.6) is 11.5 Å². The molecule has 0 aliphatic heterocycles. The van der Waals surface area contributed by atoms with E-state index in [1.807, 2.05) is 0 Å². The van der Waals surface area contributed by atoms with Gasteiger partial charge in [0.2, 0.25) is 0 Å². The minimum absolute atomic E-state index is 0.0261. The number of benzene rings is 2. The third kappa shape index (κ3) is 10.4. The van der Waals surface area contributed by atoms with Gasteiger partial charge in [-0.1, -0.05) is 29.3 Å². The normalized spacial score (nSPS) is 14.3. The van der Waals surface area contributed by atoms with Crippen LogP contribution in [0.25, 0.3) is 10.9 Å². The number of carbonyl (C=O) groups is 2. The molecular formula is C34H35Cl2F2N3O9S. The summed E-state index contributed by atoms with van der Waals surface area (Å²) in [5.41, 5.74) is 0.737. The Balaban J connectivity index is 1.40. The molecule has 2 aromatic carbocycles. The Morgan fingerprint density at radius 2 is 1.78 bits per heavy atom. The number of nitrogens with zero attached hydrogens (tertiary/aromatic N) is 3. The summed E-state index contributed by atoms with van der Waals surface area (Å²) < 4.78 is 73.2. The monoisotopic (exact) mass is 769 g/mol. The molecule has 0 saturated heterocycles. The maximum Gasteiger partial charge on any atom is 0.387 e. The standard InChI is InChI=1S/C34H35Cl2F2N3O9S/c1-34(2,3)50-32(43)18-41(51(45)46)23-7-8-27-21(12-23)10-11-39(27)17-31(42)48-29(14-24-25(35)15-40(44)16-26(24)36)22-6-9-28(49-33(37)38)30(13-22)47-19-20-4-5-20/h6-13,15-16,20,29,33H,4-5,14,17-19H2,1-3H3,(H,45,46). The second kappa shape index (κ2) is 16.0. The number of alkyl halides is 2. The maximum atomic E-state index is 13.5. The number of hydrogen-bond donors (Lipinski definition) is 1. The summed E-state index contributed by atoms with van der Waals surface area (Å²) in [5, 5.41) is 12.5. The van der Waals surface area contributed by atoms with Crippen LogP contribution in [0.2, 0.25) is 10.0 Å². The van der Waals surface area contributed by atoms with Gasteiger partial charge in [0.05, 0.1) is 12.3 Å². The fourth-order valence-corrected chi connectivity index (χ4v) is 6.31. The van der Waals surface area contributed by atoms with Crippen LogP contribution in [-0.4, -0.2) is 50.6 Å². The molecule has 12 nitrogen and oxygen atoms in total. The summed E-state index contributed by atoms with van der Waals surface area (Å²) in [6, 6.07) is 10.6. The molecule has 17 heteroatoms. The summed E-state index contributed by atoms with van der Waals surface area (Å²) >= 11 is 10.2. The van der Waals surface area contributed by atoms with Gasteiger partial charge in [-0.2, -0.15) is 13.5 Å². The highest BCUT2D eigenvalue weighted by molar-refractivity contribution is 7.80. The minimum Gasteiger partial charge on any atom is -0.619 e. The van der Waals surface area contributed by atoms with Gasteiger partial charge in [0, 0.05) is 29.1 Å². The highest BCUT2D eigenvalue weighted by Gasteiger charge is 2.27. The molecule has 51 heavy (non-hydrogen) atoms. The first-order chi connectivity index (χ1) is 24.1. The lowest BCUT2D eigenvalue weighted by atomic mass is 10.0. The van der Waals surface area contributed by atoms with Crippen molar-refractivity contribution in [1.82, 2.24) is 4.57 Å². The van der Waals surface area contributed by atoms with Gasteiger partial charge in [-0.15, -0.1) is 0 Å². The van der Waals surface area contributed by atoms with Crippen molar-refractivity contribution in [3.63, 3.8) is 0 Å². The van der Waals surface area contributed by atoms with E-state index in [9.17, 15) is 32.3 Å². The van der Waals surface area contributed by atoms with E-state index in [0.717, 1.165) is 29.5 Å². The summed E-state index contributed by atoms with van der Waals surface area (Å²) in [7, 11) is 0. The first kappa shape index (κ1) is 38.1. The fourth-order valence-electron chi connectivity index (χ4n) is 5.21. The zero-order chi connectivity index (χ0) is 37.0. The van der Waals surface area contributed by atoms with Crippen molar-refractivity contribution in [3.8, 4) is 11.5 Å². The molecule has 1 aliphatic carbocycles. The Labute approximate surface area is 304 Å². The van der Waals surface area contributed by atoms with E-state index in [4.69, 9.17) is 37.4 Å². The highest BCUT2D eigenvalue weighted by Crippen LogP contribution is 2.38. The van der Waals surface area contributed by atoms with Crippen LogP contribution in [0.15, 0.2) is 61.1 Å².